The van der Waals surface area contributed by atoms with E-state index in [1.807, 2.05) is 36.1 Å². The van der Waals surface area contributed by atoms with Crippen LogP contribution >= 0.6 is 11.3 Å². The number of piperazine rings is 1. The number of thiazole rings is 1. The molecule has 9 heteroatoms. The molecule has 2 atom stereocenters. The molecule has 1 aliphatic heterocycles. The average Bonchev–Trinajstić information content (AvgIpc) is 3.22. The molecule has 1 aliphatic rings. The molecule has 0 aliphatic carbocycles. The number of para-hydroxylation sites is 1. The minimum absolute atomic E-state index is 0.199. The van der Waals surface area contributed by atoms with Crippen molar-refractivity contribution in [1.29, 1.82) is 0 Å². The van der Waals surface area contributed by atoms with E-state index in [0.717, 1.165) is 21.3 Å². The summed E-state index contributed by atoms with van der Waals surface area (Å²) in [5.41, 5.74) is 0.891. The van der Waals surface area contributed by atoms with Gasteiger partial charge in [0.05, 0.1) is 28.5 Å². The number of nitrogens with zero attached hydrogens (tertiary/aromatic N) is 3. The Hall–Kier alpha value is -2.20. The van der Waals surface area contributed by atoms with E-state index in [0.29, 0.717) is 38.4 Å². The van der Waals surface area contributed by atoms with Crippen molar-refractivity contribution < 1.29 is 23.0 Å². The van der Waals surface area contributed by atoms with Crippen LogP contribution in [0.15, 0.2) is 48.5 Å². The highest BCUT2D eigenvalue weighted by molar-refractivity contribution is 7.18. The maximum atomic E-state index is 13.0. The summed E-state index contributed by atoms with van der Waals surface area (Å²) in [6, 6.07) is 13.4. The van der Waals surface area contributed by atoms with Crippen LogP contribution in [0, 0.1) is 0 Å². The van der Waals surface area contributed by atoms with E-state index in [4.69, 9.17) is 4.74 Å². The SMILES string of the molecule is CC(OCC(O)CN1CCN(c2cccc(C(F)(F)F)c2)CC1)c1nc2ccccc2s1. The van der Waals surface area contributed by atoms with Gasteiger partial charge < -0.3 is 14.7 Å². The number of ether oxygens (including phenoxy) is 1. The van der Waals surface area contributed by atoms with Crippen molar-refractivity contribution in [2.75, 3.05) is 44.2 Å². The van der Waals surface area contributed by atoms with Crippen molar-refractivity contribution in [3.8, 4) is 0 Å². The molecule has 2 aromatic carbocycles. The second-order valence-electron chi connectivity index (χ2n) is 7.98. The lowest BCUT2D eigenvalue weighted by Crippen LogP contribution is -2.49. The van der Waals surface area contributed by atoms with E-state index < -0.39 is 17.8 Å². The maximum Gasteiger partial charge on any atom is 0.416 e. The van der Waals surface area contributed by atoms with E-state index in [1.54, 1.807) is 17.4 Å². The highest BCUT2D eigenvalue weighted by Gasteiger charge is 2.31. The molecule has 0 saturated carbocycles. The number of halogens is 3. The minimum Gasteiger partial charge on any atom is -0.389 e. The number of rotatable bonds is 7. The van der Waals surface area contributed by atoms with Crippen molar-refractivity contribution in [1.82, 2.24) is 9.88 Å². The largest absolute Gasteiger partial charge is 0.416 e. The van der Waals surface area contributed by atoms with Gasteiger partial charge in [0.2, 0.25) is 0 Å². The fraction of sp³-hybridized carbons (Fsp3) is 0.435. The second kappa shape index (κ2) is 9.74. The maximum absolute atomic E-state index is 13.0. The van der Waals surface area contributed by atoms with E-state index in [2.05, 4.69) is 9.88 Å². The third-order valence-electron chi connectivity index (χ3n) is 5.58. The molecule has 1 N–H and O–H groups in total. The number of aliphatic hydroxyl groups is 1. The normalized spacial score (nSPS) is 17.6. The predicted molar refractivity (Wildman–Crippen MR) is 120 cm³/mol. The Morgan fingerprint density at radius 2 is 1.84 bits per heavy atom. The minimum atomic E-state index is -4.34. The number of hydrogen-bond donors (Lipinski definition) is 1. The fourth-order valence-electron chi connectivity index (χ4n) is 3.81. The molecular formula is C23H26F3N3O2S. The molecule has 4 rings (SSSR count). The van der Waals surface area contributed by atoms with Crippen LogP contribution in [0.2, 0.25) is 0 Å². The lowest BCUT2D eigenvalue weighted by Gasteiger charge is -2.37. The van der Waals surface area contributed by atoms with Crippen LogP contribution in [0.5, 0.6) is 0 Å². The number of hydrogen-bond acceptors (Lipinski definition) is 6. The van der Waals surface area contributed by atoms with Crippen LogP contribution in [0.3, 0.4) is 0 Å². The number of anilines is 1. The van der Waals surface area contributed by atoms with Crippen LogP contribution in [0.1, 0.15) is 23.6 Å². The third kappa shape index (κ3) is 5.58. The van der Waals surface area contributed by atoms with Gasteiger partial charge in [-0.25, -0.2) is 4.98 Å². The summed E-state index contributed by atoms with van der Waals surface area (Å²) < 4.78 is 45.8. The van der Waals surface area contributed by atoms with Gasteiger partial charge in [0.1, 0.15) is 11.1 Å². The number of aliphatic hydroxyl groups excluding tert-OH is 1. The molecule has 32 heavy (non-hydrogen) atoms. The Morgan fingerprint density at radius 1 is 1.09 bits per heavy atom. The topological polar surface area (TPSA) is 48.8 Å². The molecule has 3 aromatic rings. The van der Waals surface area contributed by atoms with Crippen LogP contribution in [-0.4, -0.2) is 60.4 Å². The van der Waals surface area contributed by atoms with Crippen molar-refractivity contribution in [2.45, 2.75) is 25.3 Å². The zero-order chi connectivity index (χ0) is 22.7. The summed E-state index contributed by atoms with van der Waals surface area (Å²) >= 11 is 1.59. The molecular weight excluding hydrogens is 439 g/mol. The van der Waals surface area contributed by atoms with Crippen LogP contribution in [-0.2, 0) is 10.9 Å². The van der Waals surface area contributed by atoms with Crippen LogP contribution in [0.4, 0.5) is 18.9 Å². The molecule has 2 heterocycles. The molecule has 0 radical (unpaired) electrons. The zero-order valence-corrected chi connectivity index (χ0v) is 18.6. The van der Waals surface area contributed by atoms with Gasteiger partial charge in [-0.1, -0.05) is 18.2 Å². The number of β-amino-alcohol motifs (C(OH)–C–C–N with tert-alkyl or cyclic N) is 1. The average molecular weight is 466 g/mol. The molecule has 5 nitrogen and oxygen atoms in total. The van der Waals surface area contributed by atoms with Crippen molar-refractivity contribution >= 4 is 27.2 Å². The van der Waals surface area contributed by atoms with Crippen LogP contribution < -0.4 is 4.90 Å². The first kappa shape index (κ1) is 23.0. The highest BCUT2D eigenvalue weighted by atomic mass is 32.1. The molecule has 1 aromatic heterocycles. The molecule has 0 bridgehead atoms. The first-order valence-electron chi connectivity index (χ1n) is 10.6. The second-order valence-corrected chi connectivity index (χ2v) is 9.05. The molecule has 1 fully saturated rings. The van der Waals surface area contributed by atoms with Gasteiger partial charge in [-0.2, -0.15) is 13.2 Å². The summed E-state index contributed by atoms with van der Waals surface area (Å²) in [5, 5.41) is 11.3. The van der Waals surface area contributed by atoms with Crippen molar-refractivity contribution in [2.24, 2.45) is 0 Å². The first-order chi connectivity index (χ1) is 15.3. The number of benzene rings is 2. The van der Waals surface area contributed by atoms with E-state index in [1.165, 1.54) is 12.1 Å². The third-order valence-corrected chi connectivity index (χ3v) is 6.77. The summed E-state index contributed by atoms with van der Waals surface area (Å²) in [6.45, 7) is 5.14. The van der Waals surface area contributed by atoms with Gasteiger partial charge in [0.15, 0.2) is 0 Å². The molecule has 0 amide bonds. The van der Waals surface area contributed by atoms with Crippen LogP contribution in [0.25, 0.3) is 10.2 Å². The van der Waals surface area contributed by atoms with E-state index in [-0.39, 0.29) is 12.7 Å². The summed E-state index contributed by atoms with van der Waals surface area (Å²) in [5.74, 6) is 0. The Balaban J connectivity index is 1.23. The smallest absolute Gasteiger partial charge is 0.389 e. The van der Waals surface area contributed by atoms with Gasteiger partial charge in [-0.05, 0) is 37.3 Å². The Bertz CT molecular complexity index is 1000. The summed E-state index contributed by atoms with van der Waals surface area (Å²) in [6.07, 6.45) is -5.20. The lowest BCUT2D eigenvalue weighted by molar-refractivity contribution is -0.137. The fourth-order valence-corrected chi connectivity index (χ4v) is 4.78. The Morgan fingerprint density at radius 3 is 2.56 bits per heavy atom. The summed E-state index contributed by atoms with van der Waals surface area (Å²) in [4.78, 5) is 8.65. The van der Waals surface area contributed by atoms with E-state index in [9.17, 15) is 18.3 Å². The van der Waals surface area contributed by atoms with Crippen molar-refractivity contribution in [3.05, 3.63) is 59.1 Å². The van der Waals surface area contributed by atoms with Gasteiger partial charge in [-0.15, -0.1) is 11.3 Å². The molecule has 172 valence electrons. The van der Waals surface area contributed by atoms with Gasteiger partial charge in [-0.3, -0.25) is 4.90 Å². The first-order valence-corrected chi connectivity index (χ1v) is 11.4. The van der Waals surface area contributed by atoms with Gasteiger partial charge >= 0.3 is 6.18 Å². The molecule has 0 spiro atoms. The van der Waals surface area contributed by atoms with Crippen molar-refractivity contribution in [3.63, 3.8) is 0 Å². The highest BCUT2D eigenvalue weighted by Crippen LogP contribution is 2.32. The standard InChI is InChI=1S/C23H26F3N3O2S/c1-16(22-27-20-7-2-3-8-21(20)32-22)31-15-19(30)14-28-9-11-29(12-10-28)18-6-4-5-17(13-18)23(24,25)26/h2-8,13,16,19,30H,9-12,14-15H2,1H3. The molecule has 1 saturated heterocycles. The number of fused-ring (bicyclic) bond motifs is 1. The quantitative estimate of drug-likeness (QED) is 0.554. The summed E-state index contributed by atoms with van der Waals surface area (Å²) in [7, 11) is 0. The Kier molecular flexibility index (Phi) is 6.99. The number of aromatic nitrogens is 1. The monoisotopic (exact) mass is 465 g/mol. The molecule has 2 unspecified atom stereocenters. The zero-order valence-electron chi connectivity index (χ0n) is 17.8. The Labute approximate surface area is 189 Å². The lowest BCUT2D eigenvalue weighted by atomic mass is 10.1. The van der Waals surface area contributed by atoms with Gasteiger partial charge in [0, 0.05) is 38.4 Å². The van der Waals surface area contributed by atoms with E-state index >= 15 is 0 Å². The predicted octanol–water partition coefficient (Wildman–Crippen LogP) is 4.58. The van der Waals surface area contributed by atoms with Gasteiger partial charge in [0.25, 0.3) is 0 Å². The number of alkyl halides is 3.